The molecule has 2 rings (SSSR count). The molecule has 1 heterocycles. The quantitative estimate of drug-likeness (QED) is 0.739. The van der Waals surface area contributed by atoms with E-state index in [1.807, 2.05) is 6.07 Å². The number of carbonyl (C=O) groups excluding carboxylic acids is 1. The molecule has 0 aliphatic carbocycles. The zero-order chi connectivity index (χ0) is 9.97. The molecule has 1 saturated heterocycles. The SMILES string of the molecule is O=C1NCC(c2cccc(F)c2)CO1. The van der Waals surface area contributed by atoms with Gasteiger partial charge < -0.3 is 10.1 Å². The number of halogens is 1. The second kappa shape index (κ2) is 3.65. The second-order valence-electron chi connectivity index (χ2n) is 3.23. The summed E-state index contributed by atoms with van der Waals surface area (Å²) in [5.74, 6) is -0.220. The van der Waals surface area contributed by atoms with E-state index in [9.17, 15) is 9.18 Å². The smallest absolute Gasteiger partial charge is 0.407 e. The molecular formula is C10H10FNO2. The van der Waals surface area contributed by atoms with Crippen LogP contribution in [-0.4, -0.2) is 19.2 Å². The van der Waals surface area contributed by atoms with Gasteiger partial charge in [0.2, 0.25) is 0 Å². The Bertz CT molecular complexity index is 344. The number of cyclic esters (lactones) is 1. The maximum absolute atomic E-state index is 12.9. The van der Waals surface area contributed by atoms with E-state index < -0.39 is 6.09 Å². The van der Waals surface area contributed by atoms with Crippen LogP contribution in [0.2, 0.25) is 0 Å². The van der Waals surface area contributed by atoms with Gasteiger partial charge >= 0.3 is 6.09 Å². The molecule has 0 radical (unpaired) electrons. The molecule has 0 aromatic heterocycles. The Labute approximate surface area is 80.9 Å². The lowest BCUT2D eigenvalue weighted by molar-refractivity contribution is 0.120. The number of ether oxygens (including phenoxy) is 1. The molecule has 1 aliphatic rings. The van der Waals surface area contributed by atoms with E-state index >= 15 is 0 Å². The van der Waals surface area contributed by atoms with Crippen molar-refractivity contribution in [3.8, 4) is 0 Å². The van der Waals surface area contributed by atoms with Crippen LogP contribution in [0.5, 0.6) is 0 Å². The number of amides is 1. The lowest BCUT2D eigenvalue weighted by Gasteiger charge is -2.22. The van der Waals surface area contributed by atoms with Crippen molar-refractivity contribution in [2.75, 3.05) is 13.2 Å². The van der Waals surface area contributed by atoms with Crippen LogP contribution >= 0.6 is 0 Å². The molecule has 1 unspecified atom stereocenters. The van der Waals surface area contributed by atoms with Crippen LogP contribution in [0.4, 0.5) is 9.18 Å². The third-order valence-electron chi connectivity index (χ3n) is 2.23. The van der Waals surface area contributed by atoms with Crippen LogP contribution in [0, 0.1) is 5.82 Å². The molecule has 1 aromatic rings. The van der Waals surface area contributed by atoms with Crippen molar-refractivity contribution < 1.29 is 13.9 Å². The maximum atomic E-state index is 12.9. The van der Waals surface area contributed by atoms with Gasteiger partial charge in [0.15, 0.2) is 0 Å². The van der Waals surface area contributed by atoms with Crippen molar-refractivity contribution in [1.29, 1.82) is 0 Å². The summed E-state index contributed by atoms with van der Waals surface area (Å²) >= 11 is 0. The zero-order valence-corrected chi connectivity index (χ0v) is 7.50. The van der Waals surface area contributed by atoms with Gasteiger partial charge in [0, 0.05) is 12.5 Å². The first-order valence-corrected chi connectivity index (χ1v) is 4.42. The largest absolute Gasteiger partial charge is 0.449 e. The number of nitrogens with one attached hydrogen (secondary N) is 1. The average Bonchev–Trinajstić information content (AvgIpc) is 2.19. The third-order valence-corrected chi connectivity index (χ3v) is 2.23. The van der Waals surface area contributed by atoms with E-state index in [-0.39, 0.29) is 11.7 Å². The Morgan fingerprint density at radius 1 is 1.50 bits per heavy atom. The predicted molar refractivity (Wildman–Crippen MR) is 48.5 cm³/mol. The highest BCUT2D eigenvalue weighted by Crippen LogP contribution is 2.18. The fourth-order valence-corrected chi connectivity index (χ4v) is 1.47. The molecule has 14 heavy (non-hydrogen) atoms. The van der Waals surface area contributed by atoms with Crippen LogP contribution in [0.15, 0.2) is 24.3 Å². The standard InChI is InChI=1S/C10H10FNO2/c11-9-3-1-2-7(4-9)8-5-12-10(13)14-6-8/h1-4,8H,5-6H2,(H,12,13). The van der Waals surface area contributed by atoms with Gasteiger partial charge in [-0.2, -0.15) is 0 Å². The van der Waals surface area contributed by atoms with Gasteiger partial charge in [-0.1, -0.05) is 12.1 Å². The van der Waals surface area contributed by atoms with Gasteiger partial charge in [-0.05, 0) is 17.7 Å². The maximum Gasteiger partial charge on any atom is 0.407 e. The van der Waals surface area contributed by atoms with Crippen molar-refractivity contribution in [3.05, 3.63) is 35.6 Å². The fourth-order valence-electron chi connectivity index (χ4n) is 1.47. The molecule has 1 fully saturated rings. The first kappa shape index (κ1) is 8.99. The number of benzene rings is 1. The minimum absolute atomic E-state index is 0.0448. The van der Waals surface area contributed by atoms with Crippen molar-refractivity contribution in [3.63, 3.8) is 0 Å². The van der Waals surface area contributed by atoms with E-state index in [2.05, 4.69) is 5.32 Å². The molecule has 3 nitrogen and oxygen atoms in total. The van der Waals surface area contributed by atoms with Crippen molar-refractivity contribution in [1.82, 2.24) is 5.32 Å². The summed E-state index contributed by atoms with van der Waals surface area (Å²) in [6.45, 7) is 0.817. The van der Waals surface area contributed by atoms with Crippen LogP contribution in [-0.2, 0) is 4.74 Å². The first-order valence-electron chi connectivity index (χ1n) is 4.42. The Kier molecular flexibility index (Phi) is 2.35. The minimum Gasteiger partial charge on any atom is -0.449 e. The van der Waals surface area contributed by atoms with Crippen LogP contribution < -0.4 is 5.32 Å². The van der Waals surface area contributed by atoms with Gasteiger partial charge in [0.05, 0.1) is 0 Å². The molecule has 1 amide bonds. The Morgan fingerprint density at radius 3 is 3.00 bits per heavy atom. The number of hydrogen-bond acceptors (Lipinski definition) is 2. The van der Waals surface area contributed by atoms with E-state index in [1.54, 1.807) is 6.07 Å². The van der Waals surface area contributed by atoms with Crippen molar-refractivity contribution >= 4 is 6.09 Å². The number of alkyl carbamates (subject to hydrolysis) is 1. The van der Waals surface area contributed by atoms with E-state index in [0.717, 1.165) is 5.56 Å². The molecule has 1 aromatic carbocycles. The van der Waals surface area contributed by atoms with Gasteiger partial charge in [0.1, 0.15) is 12.4 Å². The highest BCUT2D eigenvalue weighted by atomic mass is 19.1. The minimum atomic E-state index is -0.405. The van der Waals surface area contributed by atoms with Crippen molar-refractivity contribution in [2.45, 2.75) is 5.92 Å². The first-order chi connectivity index (χ1) is 6.75. The number of carbonyl (C=O) groups is 1. The Balaban J connectivity index is 2.12. The predicted octanol–water partition coefficient (Wildman–Crippen LogP) is 1.65. The Morgan fingerprint density at radius 2 is 2.36 bits per heavy atom. The molecule has 74 valence electrons. The average molecular weight is 195 g/mol. The lowest BCUT2D eigenvalue weighted by Crippen LogP contribution is -2.37. The summed E-state index contributed by atoms with van der Waals surface area (Å²) in [6.07, 6.45) is -0.405. The van der Waals surface area contributed by atoms with Crippen molar-refractivity contribution in [2.24, 2.45) is 0 Å². The molecule has 0 bridgehead atoms. The summed E-state index contributed by atoms with van der Waals surface area (Å²) in [5.41, 5.74) is 0.852. The van der Waals surface area contributed by atoms with Crippen LogP contribution in [0.3, 0.4) is 0 Å². The third kappa shape index (κ3) is 1.84. The lowest BCUT2D eigenvalue weighted by atomic mass is 9.99. The number of hydrogen-bond donors (Lipinski definition) is 1. The van der Waals surface area contributed by atoms with Crippen LogP contribution in [0.1, 0.15) is 11.5 Å². The molecule has 1 aliphatic heterocycles. The van der Waals surface area contributed by atoms with E-state index in [0.29, 0.717) is 13.2 Å². The van der Waals surface area contributed by atoms with E-state index in [1.165, 1.54) is 12.1 Å². The summed E-state index contributed by atoms with van der Waals surface area (Å²) in [6, 6.07) is 6.34. The second-order valence-corrected chi connectivity index (χ2v) is 3.23. The molecule has 4 heteroatoms. The molecule has 1 N–H and O–H groups in total. The van der Waals surface area contributed by atoms with Gasteiger partial charge in [0.25, 0.3) is 0 Å². The molecule has 0 spiro atoms. The zero-order valence-electron chi connectivity index (χ0n) is 7.50. The highest BCUT2D eigenvalue weighted by Gasteiger charge is 2.20. The summed E-state index contributed by atoms with van der Waals surface area (Å²) < 4.78 is 17.7. The summed E-state index contributed by atoms with van der Waals surface area (Å²) in [5, 5.41) is 2.57. The molecular weight excluding hydrogens is 185 g/mol. The van der Waals surface area contributed by atoms with Gasteiger partial charge in [-0.3, -0.25) is 0 Å². The fraction of sp³-hybridized carbons (Fsp3) is 0.300. The summed E-state index contributed by atoms with van der Waals surface area (Å²) in [4.78, 5) is 10.7. The molecule has 1 atom stereocenters. The Hall–Kier alpha value is -1.58. The summed E-state index contributed by atoms with van der Waals surface area (Å²) in [7, 11) is 0. The van der Waals surface area contributed by atoms with Gasteiger partial charge in [-0.25, -0.2) is 9.18 Å². The highest BCUT2D eigenvalue weighted by molar-refractivity contribution is 5.68. The van der Waals surface area contributed by atoms with E-state index in [4.69, 9.17) is 4.74 Å². The number of rotatable bonds is 1. The monoisotopic (exact) mass is 195 g/mol. The van der Waals surface area contributed by atoms with Gasteiger partial charge in [-0.15, -0.1) is 0 Å². The molecule has 0 saturated carbocycles. The normalized spacial score (nSPS) is 21.2. The van der Waals surface area contributed by atoms with Crippen LogP contribution in [0.25, 0.3) is 0 Å². The topological polar surface area (TPSA) is 38.3 Å².